The van der Waals surface area contributed by atoms with Crippen molar-refractivity contribution >= 4 is 35.2 Å². The van der Waals surface area contributed by atoms with E-state index in [1.165, 1.54) is 0 Å². The first-order valence-electron chi connectivity index (χ1n) is 9.57. The molecule has 28 heavy (non-hydrogen) atoms. The molecule has 1 spiro atoms. The first-order valence-corrected chi connectivity index (χ1v) is 10.9. The zero-order chi connectivity index (χ0) is 19.7. The highest BCUT2D eigenvalue weighted by Crippen LogP contribution is 2.45. The number of piperidine rings is 1. The Morgan fingerprint density at radius 2 is 1.57 bits per heavy atom. The number of carbonyl (C=O) groups is 2. The topological polar surface area (TPSA) is 40.6 Å². The molecule has 2 heterocycles. The molecule has 0 bridgehead atoms. The molecule has 0 N–H and O–H groups in total. The summed E-state index contributed by atoms with van der Waals surface area (Å²) in [4.78, 5) is 29.8. The summed E-state index contributed by atoms with van der Waals surface area (Å²) in [6.45, 7) is 4.01. The Morgan fingerprint density at radius 1 is 0.929 bits per heavy atom. The fourth-order valence-corrected chi connectivity index (χ4v) is 5.80. The van der Waals surface area contributed by atoms with E-state index < -0.39 is 0 Å². The fraction of sp³-hybridized carbons (Fsp3) is 0.364. The normalized spacial score (nSPS) is 18.5. The quantitative estimate of drug-likeness (QED) is 0.727. The van der Waals surface area contributed by atoms with Crippen LogP contribution in [0.2, 0.25) is 5.02 Å². The summed E-state index contributed by atoms with van der Waals surface area (Å²) in [5.41, 5.74) is 2.32. The molecule has 6 heteroatoms. The van der Waals surface area contributed by atoms with Crippen molar-refractivity contribution in [2.75, 3.05) is 25.4 Å². The lowest BCUT2D eigenvalue weighted by molar-refractivity contribution is 0.0497. The molecule has 2 aliphatic heterocycles. The van der Waals surface area contributed by atoms with Gasteiger partial charge in [-0.15, -0.1) is 11.8 Å². The average Bonchev–Trinajstić information content (AvgIpc) is 3.11. The van der Waals surface area contributed by atoms with Crippen molar-refractivity contribution in [1.82, 2.24) is 9.80 Å². The predicted octanol–water partition coefficient (Wildman–Crippen LogP) is 4.47. The maximum atomic E-state index is 13.2. The molecule has 2 amide bonds. The van der Waals surface area contributed by atoms with Crippen LogP contribution >= 0.6 is 23.4 Å². The number of halogens is 1. The van der Waals surface area contributed by atoms with Crippen molar-refractivity contribution in [1.29, 1.82) is 0 Å². The Bertz CT molecular complexity index is 909. The lowest BCUT2D eigenvalue weighted by Gasteiger charge is -2.44. The van der Waals surface area contributed by atoms with E-state index >= 15 is 0 Å². The van der Waals surface area contributed by atoms with Crippen LogP contribution in [0.25, 0.3) is 0 Å². The molecular formula is C22H23ClN2O2S. The van der Waals surface area contributed by atoms with Gasteiger partial charge in [-0.05, 0) is 43.5 Å². The minimum Gasteiger partial charge on any atom is -0.338 e. The van der Waals surface area contributed by atoms with Crippen molar-refractivity contribution in [3.8, 4) is 0 Å². The van der Waals surface area contributed by atoms with Gasteiger partial charge in [-0.2, -0.15) is 0 Å². The van der Waals surface area contributed by atoms with E-state index in [1.54, 1.807) is 12.1 Å². The summed E-state index contributed by atoms with van der Waals surface area (Å²) in [7, 11) is 0. The van der Waals surface area contributed by atoms with E-state index in [-0.39, 0.29) is 16.7 Å². The summed E-state index contributed by atoms with van der Waals surface area (Å²) in [6.07, 6.45) is 1.57. The molecule has 0 saturated carbocycles. The van der Waals surface area contributed by atoms with Crippen LogP contribution < -0.4 is 0 Å². The molecule has 0 aliphatic carbocycles. The van der Waals surface area contributed by atoms with Crippen LogP contribution in [-0.4, -0.2) is 51.9 Å². The summed E-state index contributed by atoms with van der Waals surface area (Å²) in [5.74, 6) is 0.997. The molecule has 0 unspecified atom stereocenters. The van der Waals surface area contributed by atoms with Crippen LogP contribution in [0.15, 0.2) is 48.5 Å². The Labute approximate surface area is 174 Å². The molecule has 2 fully saturated rings. The summed E-state index contributed by atoms with van der Waals surface area (Å²) in [5, 5.41) is 0.492. The van der Waals surface area contributed by atoms with Crippen LogP contribution in [0.4, 0.5) is 0 Å². The van der Waals surface area contributed by atoms with Gasteiger partial charge in [0, 0.05) is 31.0 Å². The van der Waals surface area contributed by atoms with E-state index in [4.69, 9.17) is 11.6 Å². The van der Waals surface area contributed by atoms with Crippen LogP contribution in [0.1, 0.15) is 39.1 Å². The smallest absolute Gasteiger partial charge is 0.256 e. The van der Waals surface area contributed by atoms with Crippen molar-refractivity contribution in [2.24, 2.45) is 0 Å². The highest BCUT2D eigenvalue weighted by Gasteiger charge is 2.47. The van der Waals surface area contributed by atoms with Crippen LogP contribution in [-0.2, 0) is 0 Å². The van der Waals surface area contributed by atoms with Gasteiger partial charge in [0.2, 0.25) is 0 Å². The molecule has 4 rings (SSSR count). The molecule has 2 aromatic rings. The fourth-order valence-electron chi connectivity index (χ4n) is 4.13. The van der Waals surface area contributed by atoms with Gasteiger partial charge in [0.25, 0.3) is 11.8 Å². The van der Waals surface area contributed by atoms with Crippen molar-refractivity contribution < 1.29 is 9.59 Å². The van der Waals surface area contributed by atoms with E-state index in [1.807, 2.05) is 64.9 Å². The first kappa shape index (κ1) is 19.3. The van der Waals surface area contributed by atoms with Crippen LogP contribution in [0.3, 0.4) is 0 Å². The van der Waals surface area contributed by atoms with Gasteiger partial charge in [-0.1, -0.05) is 41.9 Å². The number of carbonyl (C=O) groups excluding carboxylic acids is 2. The lowest BCUT2D eigenvalue weighted by Crippen LogP contribution is -2.53. The van der Waals surface area contributed by atoms with E-state index in [2.05, 4.69) is 0 Å². The maximum Gasteiger partial charge on any atom is 0.256 e. The highest BCUT2D eigenvalue weighted by molar-refractivity contribution is 8.00. The monoisotopic (exact) mass is 414 g/mol. The number of hydrogen-bond donors (Lipinski definition) is 0. The number of thioether (sulfide) groups is 1. The zero-order valence-electron chi connectivity index (χ0n) is 15.9. The molecule has 146 valence electrons. The Hall–Kier alpha value is -1.98. The van der Waals surface area contributed by atoms with Gasteiger partial charge in [0.1, 0.15) is 0 Å². The minimum absolute atomic E-state index is 0.00530. The maximum absolute atomic E-state index is 13.2. The molecule has 2 aliphatic rings. The standard InChI is InChI=1S/C22H23ClN2O2S/c1-16-6-2-3-7-17(16)20(26)24-12-10-22(11-13-24)25(14-15-28-22)21(27)18-8-4-5-9-19(18)23/h2-9H,10-15H2,1H3. The van der Waals surface area contributed by atoms with Gasteiger partial charge in [-0.3, -0.25) is 9.59 Å². The summed E-state index contributed by atoms with van der Waals surface area (Å²) < 4.78 is 0. The zero-order valence-corrected chi connectivity index (χ0v) is 17.4. The molecule has 4 nitrogen and oxygen atoms in total. The number of aryl methyl sites for hydroxylation is 1. The molecule has 0 atom stereocenters. The second-order valence-corrected chi connectivity index (χ2v) is 9.20. The van der Waals surface area contributed by atoms with Crippen molar-refractivity contribution in [2.45, 2.75) is 24.6 Å². The number of hydrogen-bond acceptors (Lipinski definition) is 3. The third-order valence-electron chi connectivity index (χ3n) is 5.73. The number of likely N-dealkylation sites (tertiary alicyclic amines) is 1. The van der Waals surface area contributed by atoms with Gasteiger partial charge in [0.15, 0.2) is 0 Å². The third-order valence-corrected chi connectivity index (χ3v) is 7.62. The highest BCUT2D eigenvalue weighted by atomic mass is 35.5. The minimum atomic E-state index is -0.237. The Kier molecular flexibility index (Phi) is 5.39. The molecule has 2 aromatic carbocycles. The lowest BCUT2D eigenvalue weighted by atomic mass is 9.99. The first-order chi connectivity index (χ1) is 13.5. The summed E-state index contributed by atoms with van der Waals surface area (Å²) >= 11 is 8.10. The van der Waals surface area contributed by atoms with E-state index in [0.29, 0.717) is 23.7 Å². The van der Waals surface area contributed by atoms with E-state index in [0.717, 1.165) is 36.3 Å². The largest absolute Gasteiger partial charge is 0.338 e. The number of amides is 2. The van der Waals surface area contributed by atoms with Crippen molar-refractivity contribution in [3.63, 3.8) is 0 Å². The van der Waals surface area contributed by atoms with Gasteiger partial charge in [0.05, 0.1) is 15.5 Å². The number of benzene rings is 2. The van der Waals surface area contributed by atoms with Gasteiger partial charge >= 0.3 is 0 Å². The second kappa shape index (κ2) is 7.80. The van der Waals surface area contributed by atoms with Gasteiger partial charge in [-0.25, -0.2) is 0 Å². The Balaban J connectivity index is 1.50. The summed E-state index contributed by atoms with van der Waals surface area (Å²) in [6, 6.07) is 14.9. The SMILES string of the molecule is Cc1ccccc1C(=O)N1CCC2(CC1)SCCN2C(=O)c1ccccc1Cl. The average molecular weight is 415 g/mol. The number of rotatable bonds is 2. The van der Waals surface area contributed by atoms with Crippen LogP contribution in [0, 0.1) is 6.92 Å². The number of nitrogens with zero attached hydrogens (tertiary/aromatic N) is 2. The van der Waals surface area contributed by atoms with Crippen LogP contribution in [0.5, 0.6) is 0 Å². The van der Waals surface area contributed by atoms with E-state index in [9.17, 15) is 9.59 Å². The second-order valence-electron chi connectivity index (χ2n) is 7.34. The van der Waals surface area contributed by atoms with Crippen molar-refractivity contribution in [3.05, 3.63) is 70.2 Å². The molecule has 2 saturated heterocycles. The van der Waals surface area contributed by atoms with Gasteiger partial charge < -0.3 is 9.80 Å². The third kappa shape index (κ3) is 3.42. The molecule has 0 radical (unpaired) electrons. The Morgan fingerprint density at radius 3 is 2.25 bits per heavy atom. The predicted molar refractivity (Wildman–Crippen MR) is 114 cm³/mol. The molecular weight excluding hydrogens is 392 g/mol. The molecule has 0 aromatic heterocycles.